The summed E-state index contributed by atoms with van der Waals surface area (Å²) in [6, 6.07) is 22.0. The normalized spacial score (nSPS) is 16.8. The molecule has 28 heavy (non-hydrogen) atoms. The van der Waals surface area contributed by atoms with Gasteiger partial charge < -0.3 is 4.90 Å². The minimum Gasteiger partial charge on any atom is -0.338 e. The molecule has 1 atom stereocenters. The van der Waals surface area contributed by atoms with Gasteiger partial charge in [0.2, 0.25) is 5.91 Å². The van der Waals surface area contributed by atoms with Crippen molar-refractivity contribution in [2.24, 2.45) is 0 Å². The van der Waals surface area contributed by atoms with Crippen LogP contribution in [0, 0.1) is 0 Å². The zero-order chi connectivity index (χ0) is 18.9. The number of amides is 1. The number of fused-ring (bicyclic) bond motifs is 1. The number of hydrogen-bond acceptors (Lipinski definition) is 4. The van der Waals surface area contributed by atoms with Crippen LogP contribution in [0.1, 0.15) is 23.5 Å². The first-order valence-electron chi connectivity index (χ1n) is 9.37. The van der Waals surface area contributed by atoms with Crippen molar-refractivity contribution in [3.05, 3.63) is 84.1 Å². The number of nitrogens with zero attached hydrogens (tertiary/aromatic N) is 5. The van der Waals surface area contributed by atoms with Crippen LogP contribution in [0.5, 0.6) is 0 Å². The second-order valence-corrected chi connectivity index (χ2v) is 7.07. The molecule has 3 heterocycles. The SMILES string of the molecule is O=C1CC(c2ccccc2)CN1Cc1ccnn2c(-c3ccccc3)nnc12. The fourth-order valence-electron chi connectivity index (χ4n) is 3.82. The third kappa shape index (κ3) is 2.93. The Kier molecular flexibility index (Phi) is 4.09. The van der Waals surface area contributed by atoms with Crippen LogP contribution in [-0.4, -0.2) is 37.2 Å². The summed E-state index contributed by atoms with van der Waals surface area (Å²) in [4.78, 5) is 14.5. The van der Waals surface area contributed by atoms with Crippen LogP contribution in [0.25, 0.3) is 17.0 Å². The van der Waals surface area contributed by atoms with E-state index in [1.807, 2.05) is 59.5 Å². The van der Waals surface area contributed by atoms with Crippen molar-refractivity contribution in [3.8, 4) is 11.4 Å². The second-order valence-electron chi connectivity index (χ2n) is 7.07. The van der Waals surface area contributed by atoms with Crippen LogP contribution in [0.3, 0.4) is 0 Å². The van der Waals surface area contributed by atoms with E-state index in [4.69, 9.17) is 0 Å². The molecule has 0 N–H and O–H groups in total. The van der Waals surface area contributed by atoms with Gasteiger partial charge in [0.25, 0.3) is 0 Å². The molecule has 4 aromatic rings. The van der Waals surface area contributed by atoms with Crippen molar-refractivity contribution >= 4 is 11.6 Å². The zero-order valence-corrected chi connectivity index (χ0v) is 15.3. The molecule has 1 aliphatic heterocycles. The molecular formula is C22H19N5O. The quantitative estimate of drug-likeness (QED) is 0.554. The summed E-state index contributed by atoms with van der Waals surface area (Å²) in [5.74, 6) is 1.11. The fraction of sp³-hybridized carbons (Fsp3) is 0.182. The third-order valence-corrected chi connectivity index (χ3v) is 5.26. The van der Waals surface area contributed by atoms with Gasteiger partial charge in [-0.3, -0.25) is 4.79 Å². The molecule has 1 unspecified atom stereocenters. The highest BCUT2D eigenvalue weighted by Crippen LogP contribution is 2.29. The van der Waals surface area contributed by atoms with Crippen molar-refractivity contribution in [2.75, 3.05) is 6.54 Å². The second kappa shape index (κ2) is 6.88. The van der Waals surface area contributed by atoms with E-state index in [1.54, 1.807) is 10.7 Å². The molecule has 1 amide bonds. The zero-order valence-electron chi connectivity index (χ0n) is 15.3. The van der Waals surface area contributed by atoms with Crippen LogP contribution in [0.4, 0.5) is 0 Å². The molecule has 0 bridgehead atoms. The van der Waals surface area contributed by atoms with Gasteiger partial charge in [-0.15, -0.1) is 10.2 Å². The average molecular weight is 369 g/mol. The molecule has 1 fully saturated rings. The molecule has 0 aliphatic carbocycles. The number of carbonyl (C=O) groups is 1. The molecule has 2 aromatic carbocycles. The first-order valence-corrected chi connectivity index (χ1v) is 9.37. The lowest BCUT2D eigenvalue weighted by atomic mass is 9.99. The van der Waals surface area contributed by atoms with Gasteiger partial charge in [-0.1, -0.05) is 60.7 Å². The molecule has 0 spiro atoms. The van der Waals surface area contributed by atoms with Gasteiger partial charge in [0.1, 0.15) is 0 Å². The fourth-order valence-corrected chi connectivity index (χ4v) is 3.82. The number of rotatable bonds is 4. The molecular weight excluding hydrogens is 350 g/mol. The Morgan fingerprint density at radius 2 is 1.68 bits per heavy atom. The Balaban J connectivity index is 1.43. The number of benzene rings is 2. The third-order valence-electron chi connectivity index (χ3n) is 5.26. The smallest absolute Gasteiger partial charge is 0.223 e. The Morgan fingerprint density at radius 3 is 2.46 bits per heavy atom. The molecule has 6 heteroatoms. The van der Waals surface area contributed by atoms with Crippen molar-refractivity contribution in [3.63, 3.8) is 0 Å². The van der Waals surface area contributed by atoms with Crippen LogP contribution < -0.4 is 0 Å². The molecule has 0 saturated carbocycles. The Labute approximate surface area is 162 Å². The maximum Gasteiger partial charge on any atom is 0.223 e. The first-order chi connectivity index (χ1) is 13.8. The van der Waals surface area contributed by atoms with Gasteiger partial charge in [-0.25, -0.2) is 0 Å². The van der Waals surface area contributed by atoms with Crippen LogP contribution in [0.2, 0.25) is 0 Å². The van der Waals surface area contributed by atoms with Crippen LogP contribution in [0.15, 0.2) is 72.9 Å². The van der Waals surface area contributed by atoms with E-state index < -0.39 is 0 Å². The lowest BCUT2D eigenvalue weighted by molar-refractivity contribution is -0.128. The van der Waals surface area contributed by atoms with E-state index in [2.05, 4.69) is 27.4 Å². The molecule has 5 rings (SSSR count). The van der Waals surface area contributed by atoms with Gasteiger partial charge >= 0.3 is 0 Å². The summed E-state index contributed by atoms with van der Waals surface area (Å²) >= 11 is 0. The highest BCUT2D eigenvalue weighted by molar-refractivity contribution is 5.80. The minimum absolute atomic E-state index is 0.173. The summed E-state index contributed by atoms with van der Waals surface area (Å²) in [5, 5.41) is 13.1. The molecule has 2 aromatic heterocycles. The summed E-state index contributed by atoms with van der Waals surface area (Å²) < 4.78 is 1.75. The maximum atomic E-state index is 12.6. The van der Waals surface area contributed by atoms with Gasteiger partial charge in [0.15, 0.2) is 11.5 Å². The molecule has 1 saturated heterocycles. The first kappa shape index (κ1) is 16.6. The minimum atomic E-state index is 0.173. The van der Waals surface area contributed by atoms with Gasteiger partial charge in [-0.2, -0.15) is 9.61 Å². The van der Waals surface area contributed by atoms with E-state index in [0.29, 0.717) is 24.4 Å². The van der Waals surface area contributed by atoms with Gasteiger partial charge in [-0.05, 0) is 11.6 Å². The summed E-state index contributed by atoms with van der Waals surface area (Å²) in [6.07, 6.45) is 2.29. The van der Waals surface area contributed by atoms with Crippen molar-refractivity contribution in [2.45, 2.75) is 18.9 Å². The average Bonchev–Trinajstić information content (AvgIpc) is 3.34. The molecule has 0 radical (unpaired) electrons. The van der Waals surface area contributed by atoms with Crippen molar-refractivity contribution in [1.82, 2.24) is 24.7 Å². The molecule has 138 valence electrons. The highest BCUT2D eigenvalue weighted by Gasteiger charge is 2.31. The summed E-state index contributed by atoms with van der Waals surface area (Å²) in [7, 11) is 0. The van der Waals surface area contributed by atoms with E-state index in [1.165, 1.54) is 5.56 Å². The Bertz CT molecular complexity index is 1120. The van der Waals surface area contributed by atoms with E-state index >= 15 is 0 Å². The molecule has 6 nitrogen and oxygen atoms in total. The van der Waals surface area contributed by atoms with Crippen molar-refractivity contribution < 1.29 is 4.79 Å². The Morgan fingerprint density at radius 1 is 0.929 bits per heavy atom. The van der Waals surface area contributed by atoms with Crippen LogP contribution >= 0.6 is 0 Å². The topological polar surface area (TPSA) is 63.4 Å². The lowest BCUT2D eigenvalue weighted by Gasteiger charge is -2.17. The van der Waals surface area contributed by atoms with E-state index in [0.717, 1.165) is 17.7 Å². The summed E-state index contributed by atoms with van der Waals surface area (Å²) in [6.45, 7) is 1.23. The maximum absolute atomic E-state index is 12.6. The monoisotopic (exact) mass is 369 g/mol. The number of likely N-dealkylation sites (tertiary alicyclic amines) is 1. The predicted molar refractivity (Wildman–Crippen MR) is 105 cm³/mol. The largest absolute Gasteiger partial charge is 0.338 e. The number of aromatic nitrogens is 4. The lowest BCUT2D eigenvalue weighted by Crippen LogP contribution is -2.24. The molecule has 1 aliphatic rings. The standard InChI is InChI=1S/C22H19N5O/c28-20-13-19(16-7-3-1-4-8-16)15-26(20)14-18-11-12-23-27-21(24-25-22(18)27)17-9-5-2-6-10-17/h1-12,19H,13-15H2. The number of hydrogen-bond donors (Lipinski definition) is 0. The van der Waals surface area contributed by atoms with E-state index in [-0.39, 0.29) is 11.8 Å². The van der Waals surface area contributed by atoms with Crippen LogP contribution in [-0.2, 0) is 11.3 Å². The number of carbonyl (C=O) groups excluding carboxylic acids is 1. The van der Waals surface area contributed by atoms with Gasteiger partial charge in [0, 0.05) is 42.8 Å². The van der Waals surface area contributed by atoms with Crippen molar-refractivity contribution in [1.29, 1.82) is 0 Å². The Hall–Kier alpha value is -3.54. The predicted octanol–water partition coefficient (Wildman–Crippen LogP) is 3.31. The van der Waals surface area contributed by atoms with Gasteiger partial charge in [0.05, 0.1) is 0 Å². The summed E-state index contributed by atoms with van der Waals surface area (Å²) in [5.41, 5.74) is 3.82. The highest BCUT2D eigenvalue weighted by atomic mass is 16.2. The van der Waals surface area contributed by atoms with E-state index in [9.17, 15) is 4.79 Å².